The molecule has 90 valence electrons. The maximum Gasteiger partial charge on any atom is 0.292 e. The molecule has 0 saturated heterocycles. The molecule has 0 fully saturated rings. The average Bonchev–Trinajstić information content (AvgIpc) is 2.27. The number of aliphatic hydroxyl groups excluding tert-OH is 2. The van der Waals surface area contributed by atoms with E-state index < -0.39 is 17.1 Å². The molecule has 0 saturated carbocycles. The van der Waals surface area contributed by atoms with E-state index >= 15 is 0 Å². The number of anilines is 1. The minimum Gasteiger partial charge on any atom is -0.393 e. The summed E-state index contributed by atoms with van der Waals surface area (Å²) < 4.78 is 0. The van der Waals surface area contributed by atoms with Crippen LogP contribution in [0.5, 0.6) is 0 Å². The van der Waals surface area contributed by atoms with Crippen LogP contribution in [0.4, 0.5) is 11.4 Å². The van der Waals surface area contributed by atoms with Crippen LogP contribution < -0.4 is 5.73 Å². The van der Waals surface area contributed by atoms with Crippen LogP contribution in [0.15, 0.2) is 18.2 Å². The molecule has 0 amide bonds. The van der Waals surface area contributed by atoms with Gasteiger partial charge in [-0.15, -0.1) is 0 Å². The highest BCUT2D eigenvalue weighted by molar-refractivity contribution is 5.59. The third-order valence-corrected chi connectivity index (χ3v) is 2.25. The van der Waals surface area contributed by atoms with E-state index in [2.05, 4.69) is 0 Å². The third-order valence-electron chi connectivity index (χ3n) is 2.25. The highest BCUT2D eigenvalue weighted by atomic mass is 16.6. The minimum atomic E-state index is -1.29. The SMILES string of the molecule is N#CCC(O)C(O)c1ccc([N+](=O)[O-])c(N)c1. The average molecular weight is 237 g/mol. The van der Waals surface area contributed by atoms with Crippen molar-refractivity contribution >= 4 is 11.4 Å². The number of hydrogen-bond donors (Lipinski definition) is 3. The molecule has 7 heteroatoms. The van der Waals surface area contributed by atoms with E-state index in [0.29, 0.717) is 0 Å². The zero-order valence-corrected chi connectivity index (χ0v) is 8.78. The van der Waals surface area contributed by atoms with E-state index in [4.69, 9.17) is 11.0 Å². The van der Waals surface area contributed by atoms with Gasteiger partial charge in [-0.25, -0.2) is 0 Å². The molecule has 0 aromatic heterocycles. The van der Waals surface area contributed by atoms with E-state index in [-0.39, 0.29) is 23.4 Å². The molecule has 0 aliphatic heterocycles. The zero-order chi connectivity index (χ0) is 13.0. The van der Waals surface area contributed by atoms with Gasteiger partial charge >= 0.3 is 0 Å². The Morgan fingerprint density at radius 3 is 2.65 bits per heavy atom. The van der Waals surface area contributed by atoms with E-state index in [1.165, 1.54) is 12.1 Å². The molecule has 2 atom stereocenters. The molecule has 1 aromatic carbocycles. The Kier molecular flexibility index (Phi) is 3.98. The third kappa shape index (κ3) is 2.90. The second-order valence-corrected chi connectivity index (χ2v) is 3.45. The molecule has 4 N–H and O–H groups in total. The van der Waals surface area contributed by atoms with Crippen LogP contribution in [0, 0.1) is 21.4 Å². The number of aliphatic hydroxyl groups is 2. The van der Waals surface area contributed by atoms with Crippen LogP contribution in [0.2, 0.25) is 0 Å². The van der Waals surface area contributed by atoms with Gasteiger partial charge in [0.15, 0.2) is 0 Å². The first-order chi connectivity index (χ1) is 7.97. The summed E-state index contributed by atoms with van der Waals surface area (Å²) in [5, 5.41) is 37.9. The standard InChI is InChI=1S/C10H11N3O4/c11-4-3-9(14)10(15)6-1-2-8(13(16)17)7(12)5-6/h1-2,5,9-10,14-15H,3,12H2. The maximum atomic E-state index is 10.5. The molecule has 17 heavy (non-hydrogen) atoms. The smallest absolute Gasteiger partial charge is 0.292 e. The van der Waals surface area contributed by atoms with Gasteiger partial charge < -0.3 is 15.9 Å². The lowest BCUT2D eigenvalue weighted by molar-refractivity contribution is -0.383. The van der Waals surface area contributed by atoms with E-state index in [9.17, 15) is 20.3 Å². The first-order valence-corrected chi connectivity index (χ1v) is 4.74. The number of hydrogen-bond acceptors (Lipinski definition) is 6. The molecular weight excluding hydrogens is 226 g/mol. The van der Waals surface area contributed by atoms with E-state index in [0.717, 1.165) is 6.07 Å². The van der Waals surface area contributed by atoms with Gasteiger partial charge in [0.1, 0.15) is 11.8 Å². The number of nitrogens with zero attached hydrogens (tertiary/aromatic N) is 2. The molecule has 1 rings (SSSR count). The maximum absolute atomic E-state index is 10.5. The zero-order valence-electron chi connectivity index (χ0n) is 8.78. The van der Waals surface area contributed by atoms with Crippen molar-refractivity contribution in [1.82, 2.24) is 0 Å². The summed E-state index contributed by atoms with van der Waals surface area (Å²) in [5.41, 5.74) is 5.30. The molecule has 1 aromatic rings. The van der Waals surface area contributed by atoms with Crippen LogP contribution in [-0.4, -0.2) is 21.2 Å². The van der Waals surface area contributed by atoms with Crippen molar-refractivity contribution in [2.45, 2.75) is 18.6 Å². The van der Waals surface area contributed by atoms with Gasteiger partial charge in [0.25, 0.3) is 5.69 Å². The van der Waals surface area contributed by atoms with Crippen molar-refractivity contribution < 1.29 is 15.1 Å². The van der Waals surface area contributed by atoms with Crippen molar-refractivity contribution in [2.75, 3.05) is 5.73 Å². The quantitative estimate of drug-likeness (QED) is 0.396. The highest BCUT2D eigenvalue weighted by Gasteiger charge is 2.20. The van der Waals surface area contributed by atoms with Crippen LogP contribution in [0.3, 0.4) is 0 Å². The summed E-state index contributed by atoms with van der Waals surface area (Å²) in [7, 11) is 0. The van der Waals surface area contributed by atoms with Gasteiger partial charge in [-0.3, -0.25) is 10.1 Å². The summed E-state index contributed by atoms with van der Waals surface area (Å²) in [6, 6.07) is 5.36. The summed E-state index contributed by atoms with van der Waals surface area (Å²) >= 11 is 0. The van der Waals surface area contributed by atoms with E-state index in [1.54, 1.807) is 6.07 Å². The lowest BCUT2D eigenvalue weighted by Gasteiger charge is -2.15. The first kappa shape index (κ1) is 12.9. The number of nitrogens with two attached hydrogens (primary N) is 1. The van der Waals surface area contributed by atoms with Gasteiger partial charge in [0, 0.05) is 6.07 Å². The van der Waals surface area contributed by atoms with Crippen molar-refractivity contribution in [3.63, 3.8) is 0 Å². The Hall–Kier alpha value is -2.17. The van der Waals surface area contributed by atoms with Crippen LogP contribution in [0.1, 0.15) is 18.1 Å². The summed E-state index contributed by atoms with van der Waals surface area (Å²) in [6.45, 7) is 0. The number of nitro benzene ring substituents is 1. The summed E-state index contributed by atoms with van der Waals surface area (Å²) in [5.74, 6) is 0. The van der Waals surface area contributed by atoms with Crippen molar-refractivity contribution in [3.05, 3.63) is 33.9 Å². The van der Waals surface area contributed by atoms with Crippen LogP contribution in [0.25, 0.3) is 0 Å². The Balaban J connectivity index is 2.98. The van der Waals surface area contributed by atoms with Crippen molar-refractivity contribution in [2.24, 2.45) is 0 Å². The molecule has 7 nitrogen and oxygen atoms in total. The van der Waals surface area contributed by atoms with Crippen molar-refractivity contribution in [1.29, 1.82) is 5.26 Å². The van der Waals surface area contributed by atoms with Gasteiger partial charge in [-0.1, -0.05) is 0 Å². The molecule has 0 heterocycles. The molecule has 0 radical (unpaired) electrons. The second-order valence-electron chi connectivity index (χ2n) is 3.45. The normalized spacial score (nSPS) is 13.7. The van der Waals surface area contributed by atoms with Crippen LogP contribution >= 0.6 is 0 Å². The first-order valence-electron chi connectivity index (χ1n) is 4.74. The van der Waals surface area contributed by atoms with Gasteiger partial charge in [-0.05, 0) is 17.7 Å². The highest BCUT2D eigenvalue weighted by Crippen LogP contribution is 2.27. The number of nitriles is 1. The molecule has 0 bridgehead atoms. The fourth-order valence-corrected chi connectivity index (χ4v) is 1.35. The molecule has 2 unspecified atom stereocenters. The lowest BCUT2D eigenvalue weighted by atomic mass is 10.0. The molecule has 0 spiro atoms. The second kappa shape index (κ2) is 5.25. The number of rotatable bonds is 4. The fourth-order valence-electron chi connectivity index (χ4n) is 1.35. The Morgan fingerprint density at radius 1 is 1.53 bits per heavy atom. The van der Waals surface area contributed by atoms with Gasteiger partial charge in [-0.2, -0.15) is 5.26 Å². The topological polar surface area (TPSA) is 133 Å². The fraction of sp³-hybridized carbons (Fsp3) is 0.300. The lowest BCUT2D eigenvalue weighted by Crippen LogP contribution is -2.17. The monoisotopic (exact) mass is 237 g/mol. The summed E-state index contributed by atoms with van der Waals surface area (Å²) in [4.78, 5) is 9.87. The molecule has 0 aliphatic carbocycles. The summed E-state index contributed by atoms with van der Waals surface area (Å²) in [6.07, 6.45) is -2.78. The van der Waals surface area contributed by atoms with E-state index in [1.807, 2.05) is 0 Å². The molecular formula is C10H11N3O4. The van der Waals surface area contributed by atoms with Crippen molar-refractivity contribution in [3.8, 4) is 6.07 Å². The minimum absolute atomic E-state index is 0.101. The predicted octanol–water partition coefficient (Wildman–Crippen LogP) is 0.485. The number of nitrogen functional groups attached to an aromatic ring is 1. The van der Waals surface area contributed by atoms with Crippen LogP contribution in [-0.2, 0) is 0 Å². The Bertz CT molecular complexity index is 469. The number of benzene rings is 1. The predicted molar refractivity (Wildman–Crippen MR) is 58.7 cm³/mol. The Morgan fingerprint density at radius 2 is 2.18 bits per heavy atom. The number of nitro groups is 1. The largest absolute Gasteiger partial charge is 0.393 e. The van der Waals surface area contributed by atoms with Gasteiger partial charge in [0.05, 0.1) is 23.5 Å². The Labute approximate surface area is 96.9 Å². The van der Waals surface area contributed by atoms with Gasteiger partial charge in [0.2, 0.25) is 0 Å². The molecule has 0 aliphatic rings.